The van der Waals surface area contributed by atoms with Gasteiger partial charge in [0.25, 0.3) is 11.1 Å². The average molecular weight is 388 g/mol. The summed E-state index contributed by atoms with van der Waals surface area (Å²) in [5, 5.41) is 8.49. The van der Waals surface area contributed by atoms with E-state index in [1.54, 1.807) is 17.4 Å². The number of Topliss-reactive ketones (excluding diaryl/α,β-unsaturated/α-hetero) is 1. The number of hydrogen-bond acceptors (Lipinski definition) is 6. The molecule has 7 heteroatoms. The number of aromatic nitrogens is 2. The van der Waals surface area contributed by atoms with Gasteiger partial charge in [0.1, 0.15) is 5.82 Å². The van der Waals surface area contributed by atoms with Gasteiger partial charge in [0.05, 0.1) is 10.6 Å². The number of carbonyl (C=O) groups is 1. The Morgan fingerprint density at radius 3 is 3.12 bits per heavy atom. The molecule has 4 nitrogen and oxygen atoms in total. The molecule has 0 saturated carbocycles. The van der Waals surface area contributed by atoms with Gasteiger partial charge in [-0.1, -0.05) is 30.8 Å². The van der Waals surface area contributed by atoms with Crippen LogP contribution >= 0.6 is 23.1 Å². The lowest BCUT2D eigenvalue weighted by atomic mass is 9.90. The Hall–Kier alpha value is -1.99. The van der Waals surface area contributed by atoms with Crippen LogP contribution in [0.4, 0.5) is 4.39 Å². The molecule has 0 saturated heterocycles. The number of hydrogen-bond donors (Lipinski definition) is 0. The number of benzene rings is 1. The molecule has 2 heterocycles. The monoisotopic (exact) mass is 388 g/mol. The van der Waals surface area contributed by atoms with Crippen LogP contribution < -0.4 is 0 Å². The van der Waals surface area contributed by atoms with Crippen LogP contribution in [0.1, 0.15) is 34.1 Å². The third-order valence-corrected chi connectivity index (χ3v) is 6.46. The predicted molar refractivity (Wildman–Crippen MR) is 100 cm³/mol. The third-order valence-electron chi connectivity index (χ3n) is 4.42. The van der Waals surface area contributed by atoms with Gasteiger partial charge >= 0.3 is 0 Å². The number of fused-ring (bicyclic) bond motifs is 1. The van der Waals surface area contributed by atoms with Crippen LogP contribution in [0, 0.1) is 11.7 Å². The Morgan fingerprint density at radius 2 is 2.27 bits per heavy atom. The summed E-state index contributed by atoms with van der Waals surface area (Å²) in [4.78, 5) is 14.5. The Morgan fingerprint density at radius 1 is 1.38 bits per heavy atom. The van der Waals surface area contributed by atoms with Crippen LogP contribution in [0.25, 0.3) is 10.8 Å². The molecule has 3 aromatic rings. The van der Waals surface area contributed by atoms with Crippen molar-refractivity contribution in [2.75, 3.05) is 5.75 Å². The van der Waals surface area contributed by atoms with Gasteiger partial charge in [-0.15, -0.1) is 21.5 Å². The van der Waals surface area contributed by atoms with E-state index in [1.807, 2.05) is 0 Å². The number of aryl methyl sites for hydroxylation is 1. The van der Waals surface area contributed by atoms with Crippen molar-refractivity contribution >= 4 is 28.9 Å². The van der Waals surface area contributed by atoms with E-state index < -0.39 is 5.82 Å². The fourth-order valence-electron chi connectivity index (χ4n) is 3.05. The summed E-state index contributed by atoms with van der Waals surface area (Å²) in [7, 11) is 0. The molecule has 0 radical (unpaired) electrons. The molecule has 0 bridgehead atoms. The minimum atomic E-state index is -0.420. The van der Waals surface area contributed by atoms with E-state index in [2.05, 4.69) is 23.2 Å². The predicted octanol–water partition coefficient (Wildman–Crippen LogP) is 5.04. The Bertz CT molecular complexity index is 951. The minimum Gasteiger partial charge on any atom is -0.410 e. The molecule has 134 valence electrons. The van der Waals surface area contributed by atoms with Gasteiger partial charge < -0.3 is 4.42 Å². The molecule has 1 aliphatic carbocycles. The highest BCUT2D eigenvalue weighted by Gasteiger charge is 2.21. The number of nitrogens with zero attached hydrogens (tertiary/aromatic N) is 2. The van der Waals surface area contributed by atoms with Gasteiger partial charge in [0, 0.05) is 10.4 Å². The van der Waals surface area contributed by atoms with Crippen LogP contribution in [0.15, 0.2) is 40.0 Å². The molecule has 4 rings (SSSR count). The molecule has 0 unspecified atom stereocenters. The molecule has 0 aliphatic heterocycles. The van der Waals surface area contributed by atoms with E-state index in [1.165, 1.54) is 46.8 Å². The summed E-state index contributed by atoms with van der Waals surface area (Å²) in [5.41, 5.74) is 1.73. The lowest BCUT2D eigenvalue weighted by Gasteiger charge is -2.16. The van der Waals surface area contributed by atoms with E-state index in [0.717, 1.165) is 17.7 Å². The van der Waals surface area contributed by atoms with Gasteiger partial charge in [-0.05, 0) is 48.9 Å². The average Bonchev–Trinajstić information content (AvgIpc) is 3.25. The topological polar surface area (TPSA) is 56.0 Å². The zero-order valence-electron chi connectivity index (χ0n) is 14.2. The van der Waals surface area contributed by atoms with Gasteiger partial charge in [-0.3, -0.25) is 4.79 Å². The summed E-state index contributed by atoms with van der Waals surface area (Å²) in [6.45, 7) is 2.28. The van der Waals surface area contributed by atoms with Crippen molar-refractivity contribution in [3.8, 4) is 10.8 Å². The van der Waals surface area contributed by atoms with Crippen LogP contribution in [0.2, 0.25) is 0 Å². The highest BCUT2D eigenvalue weighted by atomic mass is 32.2. The highest BCUT2D eigenvalue weighted by molar-refractivity contribution is 7.99. The summed E-state index contributed by atoms with van der Waals surface area (Å²) in [6.07, 6.45) is 3.43. The number of halogens is 1. The SMILES string of the molecule is C[C@H]1CCc2sc(-c3nnc(SCC(=O)c4cccc(F)c4)o3)cc2C1. The standard InChI is InChI=1S/C19H17FN2O2S2/c1-11-5-6-16-13(7-11)9-17(26-16)18-21-22-19(24-18)25-10-15(23)12-3-2-4-14(20)8-12/h2-4,8-9,11H,5-7,10H2,1H3/t11-/m0/s1. The van der Waals surface area contributed by atoms with Crippen molar-refractivity contribution in [1.82, 2.24) is 10.2 Å². The smallest absolute Gasteiger partial charge is 0.277 e. The van der Waals surface area contributed by atoms with Crippen molar-refractivity contribution in [2.24, 2.45) is 5.92 Å². The van der Waals surface area contributed by atoms with Gasteiger partial charge in [-0.25, -0.2) is 4.39 Å². The fraction of sp³-hybridized carbons (Fsp3) is 0.316. The van der Waals surface area contributed by atoms with Crippen LogP contribution in [-0.4, -0.2) is 21.7 Å². The molecule has 0 amide bonds. The molecule has 0 spiro atoms. The normalized spacial score (nSPS) is 16.5. The quantitative estimate of drug-likeness (QED) is 0.453. The van der Waals surface area contributed by atoms with Gasteiger partial charge in [0.2, 0.25) is 0 Å². The Kier molecular flexibility index (Phi) is 4.91. The molecule has 1 aliphatic rings. The molecular weight excluding hydrogens is 371 g/mol. The largest absolute Gasteiger partial charge is 0.410 e. The number of thioether (sulfide) groups is 1. The molecule has 1 aromatic carbocycles. The summed E-state index contributed by atoms with van der Waals surface area (Å²) < 4.78 is 18.9. The second-order valence-electron chi connectivity index (χ2n) is 6.50. The summed E-state index contributed by atoms with van der Waals surface area (Å²) in [6, 6.07) is 7.82. The molecule has 0 fully saturated rings. The van der Waals surface area contributed by atoms with Gasteiger partial charge in [-0.2, -0.15) is 0 Å². The number of rotatable bonds is 5. The van der Waals surface area contributed by atoms with Crippen LogP contribution in [0.3, 0.4) is 0 Å². The molecule has 2 aromatic heterocycles. The van der Waals surface area contributed by atoms with Crippen molar-refractivity contribution in [2.45, 2.75) is 31.4 Å². The summed E-state index contributed by atoms with van der Waals surface area (Å²) >= 11 is 2.88. The number of ketones is 1. The van der Waals surface area contributed by atoms with E-state index >= 15 is 0 Å². The second-order valence-corrected chi connectivity index (χ2v) is 8.57. The maximum absolute atomic E-state index is 13.2. The van der Waals surface area contributed by atoms with E-state index in [-0.39, 0.29) is 11.5 Å². The maximum Gasteiger partial charge on any atom is 0.277 e. The van der Waals surface area contributed by atoms with Crippen molar-refractivity contribution in [3.05, 3.63) is 52.2 Å². The van der Waals surface area contributed by atoms with Crippen molar-refractivity contribution < 1.29 is 13.6 Å². The minimum absolute atomic E-state index is 0.129. The first-order valence-corrected chi connectivity index (χ1v) is 10.3. The molecule has 0 N–H and O–H groups in total. The fourth-order valence-corrected chi connectivity index (χ4v) is 4.84. The lowest BCUT2D eigenvalue weighted by molar-refractivity contribution is 0.102. The lowest BCUT2D eigenvalue weighted by Crippen LogP contribution is -2.07. The maximum atomic E-state index is 13.2. The summed E-state index contributed by atoms with van der Waals surface area (Å²) in [5.74, 6) is 0.751. The van der Waals surface area contributed by atoms with Crippen LogP contribution in [-0.2, 0) is 12.8 Å². The second kappa shape index (κ2) is 7.32. The first kappa shape index (κ1) is 17.4. The molecule has 1 atom stereocenters. The van der Waals surface area contributed by atoms with Crippen LogP contribution in [0.5, 0.6) is 0 Å². The molecule has 26 heavy (non-hydrogen) atoms. The van der Waals surface area contributed by atoms with E-state index in [9.17, 15) is 9.18 Å². The zero-order valence-corrected chi connectivity index (χ0v) is 15.8. The number of carbonyl (C=O) groups excluding carboxylic acids is 1. The first-order valence-electron chi connectivity index (χ1n) is 8.45. The Labute approximate surface area is 158 Å². The van der Waals surface area contributed by atoms with E-state index in [0.29, 0.717) is 22.6 Å². The highest BCUT2D eigenvalue weighted by Crippen LogP contribution is 2.37. The van der Waals surface area contributed by atoms with Crippen molar-refractivity contribution in [1.29, 1.82) is 0 Å². The van der Waals surface area contributed by atoms with Crippen molar-refractivity contribution in [3.63, 3.8) is 0 Å². The number of thiophene rings is 1. The third kappa shape index (κ3) is 3.73. The van der Waals surface area contributed by atoms with E-state index in [4.69, 9.17) is 4.42 Å². The molecular formula is C19H17FN2O2S2. The zero-order chi connectivity index (χ0) is 18.1. The van der Waals surface area contributed by atoms with Gasteiger partial charge in [0.15, 0.2) is 5.78 Å². The Balaban J connectivity index is 1.43. The first-order chi connectivity index (χ1) is 12.6.